The van der Waals surface area contributed by atoms with Gasteiger partial charge in [0.1, 0.15) is 10.0 Å². The Balaban J connectivity index is 2.04. The number of sulfonamides is 1. The lowest BCUT2D eigenvalue weighted by Gasteiger charge is -2.01. The van der Waals surface area contributed by atoms with E-state index in [4.69, 9.17) is 0 Å². The Labute approximate surface area is 119 Å². The fourth-order valence-corrected chi connectivity index (χ4v) is 3.32. The predicted molar refractivity (Wildman–Crippen MR) is 75.1 cm³/mol. The molecular formula is C13H10FNO3S2. The smallest absolute Gasteiger partial charge is 0.269 e. The molecule has 104 valence electrons. The Morgan fingerprint density at radius 2 is 1.90 bits per heavy atom. The Bertz CT molecular complexity index is 719. The molecule has 1 N–H and O–H groups in total. The fourth-order valence-electron chi connectivity index (χ4n) is 1.38. The lowest BCUT2D eigenvalue weighted by atomic mass is 10.2. The molecule has 2 rings (SSSR count). The summed E-state index contributed by atoms with van der Waals surface area (Å²) in [6, 6.07) is 8.45. The number of rotatable bonds is 4. The van der Waals surface area contributed by atoms with Gasteiger partial charge in [-0.25, -0.2) is 17.5 Å². The molecule has 0 spiro atoms. The van der Waals surface area contributed by atoms with Crippen LogP contribution >= 0.6 is 11.3 Å². The van der Waals surface area contributed by atoms with Crippen LogP contribution in [0.4, 0.5) is 4.39 Å². The molecule has 0 aliphatic heterocycles. The summed E-state index contributed by atoms with van der Waals surface area (Å²) in [5.74, 6) is -1.14. The van der Waals surface area contributed by atoms with Crippen LogP contribution < -0.4 is 4.72 Å². The van der Waals surface area contributed by atoms with Crippen molar-refractivity contribution in [1.29, 1.82) is 0 Å². The largest absolute Gasteiger partial charge is 0.273 e. The minimum Gasteiger partial charge on any atom is -0.269 e. The van der Waals surface area contributed by atoms with Gasteiger partial charge in [0.2, 0.25) is 0 Å². The van der Waals surface area contributed by atoms with E-state index >= 15 is 0 Å². The van der Waals surface area contributed by atoms with Gasteiger partial charge in [-0.05, 0) is 35.2 Å². The van der Waals surface area contributed by atoms with E-state index in [0.29, 0.717) is 5.56 Å². The monoisotopic (exact) mass is 311 g/mol. The van der Waals surface area contributed by atoms with Gasteiger partial charge in [-0.2, -0.15) is 0 Å². The molecule has 0 radical (unpaired) electrons. The van der Waals surface area contributed by atoms with E-state index in [2.05, 4.69) is 0 Å². The third-order valence-electron chi connectivity index (χ3n) is 2.29. The van der Waals surface area contributed by atoms with Crippen LogP contribution in [0.25, 0.3) is 6.08 Å². The minimum absolute atomic E-state index is 0.0704. The Hall–Kier alpha value is -1.99. The molecule has 1 heterocycles. The van der Waals surface area contributed by atoms with Crippen LogP contribution in [0.3, 0.4) is 0 Å². The molecule has 2 aromatic rings. The predicted octanol–water partition coefficient (Wildman–Crippen LogP) is 2.41. The average Bonchev–Trinajstić information content (AvgIpc) is 2.92. The molecule has 1 aromatic heterocycles. The number of carbonyl (C=O) groups is 1. The third kappa shape index (κ3) is 3.75. The van der Waals surface area contributed by atoms with Crippen molar-refractivity contribution in [2.45, 2.75) is 4.21 Å². The van der Waals surface area contributed by atoms with E-state index in [-0.39, 0.29) is 10.0 Å². The highest BCUT2D eigenvalue weighted by molar-refractivity contribution is 7.92. The summed E-state index contributed by atoms with van der Waals surface area (Å²) in [7, 11) is -3.82. The second-order valence-corrected chi connectivity index (χ2v) is 6.64. The highest BCUT2D eigenvalue weighted by Gasteiger charge is 2.16. The second kappa shape index (κ2) is 5.98. The summed E-state index contributed by atoms with van der Waals surface area (Å²) < 4.78 is 38.2. The number of nitrogens with one attached hydrogen (secondary N) is 1. The van der Waals surface area contributed by atoms with Crippen molar-refractivity contribution in [3.8, 4) is 0 Å². The number of halogens is 1. The summed E-state index contributed by atoms with van der Waals surface area (Å²) in [5.41, 5.74) is 0.593. The quantitative estimate of drug-likeness (QED) is 0.882. The Morgan fingerprint density at radius 1 is 1.20 bits per heavy atom. The minimum atomic E-state index is -3.82. The van der Waals surface area contributed by atoms with Crippen LogP contribution in [-0.4, -0.2) is 14.3 Å². The van der Waals surface area contributed by atoms with Gasteiger partial charge in [-0.1, -0.05) is 18.2 Å². The highest BCUT2D eigenvalue weighted by Crippen LogP contribution is 2.15. The van der Waals surface area contributed by atoms with Crippen molar-refractivity contribution in [3.05, 3.63) is 59.2 Å². The first kappa shape index (κ1) is 14.4. The second-order valence-electron chi connectivity index (χ2n) is 3.79. The molecule has 0 fully saturated rings. The normalized spacial score (nSPS) is 11.7. The molecule has 0 atom stereocenters. The SMILES string of the molecule is O=C(/C=C/c1ccc(F)cc1)NS(=O)(=O)c1cccs1. The maximum atomic E-state index is 12.7. The Kier molecular flexibility index (Phi) is 4.31. The molecule has 20 heavy (non-hydrogen) atoms. The summed E-state index contributed by atoms with van der Waals surface area (Å²) in [5, 5.41) is 1.60. The van der Waals surface area contributed by atoms with Gasteiger partial charge in [-0.3, -0.25) is 4.79 Å². The number of benzene rings is 1. The first-order chi connectivity index (χ1) is 9.47. The van der Waals surface area contributed by atoms with E-state index in [1.165, 1.54) is 36.4 Å². The van der Waals surface area contributed by atoms with Gasteiger partial charge in [0.05, 0.1) is 0 Å². The van der Waals surface area contributed by atoms with Crippen LogP contribution in [0.2, 0.25) is 0 Å². The van der Waals surface area contributed by atoms with Gasteiger partial charge in [-0.15, -0.1) is 11.3 Å². The molecule has 0 bridgehead atoms. The maximum absolute atomic E-state index is 12.7. The van der Waals surface area contributed by atoms with Crippen molar-refractivity contribution >= 4 is 33.3 Å². The van der Waals surface area contributed by atoms with Gasteiger partial charge >= 0.3 is 0 Å². The lowest BCUT2D eigenvalue weighted by Crippen LogP contribution is -2.28. The molecule has 0 saturated carbocycles. The summed E-state index contributed by atoms with van der Waals surface area (Å²) in [4.78, 5) is 11.5. The van der Waals surface area contributed by atoms with Crippen LogP contribution in [0.5, 0.6) is 0 Å². The molecule has 1 amide bonds. The van der Waals surface area contributed by atoms with Gasteiger partial charge < -0.3 is 0 Å². The molecular weight excluding hydrogens is 301 g/mol. The van der Waals surface area contributed by atoms with E-state index < -0.39 is 15.9 Å². The van der Waals surface area contributed by atoms with Crippen LogP contribution in [0.15, 0.2) is 52.1 Å². The van der Waals surface area contributed by atoms with Crippen molar-refractivity contribution in [1.82, 2.24) is 4.72 Å². The zero-order valence-electron chi connectivity index (χ0n) is 10.1. The summed E-state index contributed by atoms with van der Waals surface area (Å²) in [6.45, 7) is 0. The zero-order chi connectivity index (χ0) is 14.6. The topological polar surface area (TPSA) is 63.2 Å². The number of carbonyl (C=O) groups excluding carboxylic acids is 1. The van der Waals surface area contributed by atoms with E-state index in [1.807, 2.05) is 4.72 Å². The first-order valence-electron chi connectivity index (χ1n) is 5.51. The van der Waals surface area contributed by atoms with Crippen LogP contribution in [0.1, 0.15) is 5.56 Å². The van der Waals surface area contributed by atoms with E-state index in [9.17, 15) is 17.6 Å². The summed E-state index contributed by atoms with van der Waals surface area (Å²) in [6.07, 6.45) is 2.48. The molecule has 7 heteroatoms. The van der Waals surface area contributed by atoms with Crippen molar-refractivity contribution in [3.63, 3.8) is 0 Å². The van der Waals surface area contributed by atoms with E-state index in [0.717, 1.165) is 17.4 Å². The number of hydrogen-bond donors (Lipinski definition) is 1. The highest BCUT2D eigenvalue weighted by atomic mass is 32.2. The lowest BCUT2D eigenvalue weighted by molar-refractivity contribution is -0.114. The molecule has 0 aliphatic rings. The van der Waals surface area contributed by atoms with Gasteiger partial charge in [0.15, 0.2) is 0 Å². The van der Waals surface area contributed by atoms with Crippen molar-refractivity contribution in [2.24, 2.45) is 0 Å². The molecule has 0 unspecified atom stereocenters. The number of thiophene rings is 1. The van der Waals surface area contributed by atoms with Crippen LogP contribution in [0, 0.1) is 5.82 Å². The summed E-state index contributed by atoms with van der Waals surface area (Å²) >= 11 is 1.02. The van der Waals surface area contributed by atoms with Gasteiger partial charge in [0, 0.05) is 6.08 Å². The molecule has 4 nitrogen and oxygen atoms in total. The number of hydrogen-bond acceptors (Lipinski definition) is 4. The van der Waals surface area contributed by atoms with Crippen molar-refractivity contribution < 1.29 is 17.6 Å². The van der Waals surface area contributed by atoms with Crippen LogP contribution in [-0.2, 0) is 14.8 Å². The average molecular weight is 311 g/mol. The van der Waals surface area contributed by atoms with Crippen molar-refractivity contribution in [2.75, 3.05) is 0 Å². The number of amides is 1. The third-order valence-corrected chi connectivity index (χ3v) is 5.04. The molecule has 1 aromatic carbocycles. The molecule has 0 aliphatic carbocycles. The van der Waals surface area contributed by atoms with E-state index in [1.54, 1.807) is 11.4 Å². The molecule has 0 saturated heterocycles. The fraction of sp³-hybridized carbons (Fsp3) is 0. The Morgan fingerprint density at radius 3 is 2.50 bits per heavy atom. The maximum Gasteiger partial charge on any atom is 0.273 e. The van der Waals surface area contributed by atoms with Gasteiger partial charge in [0.25, 0.3) is 15.9 Å². The zero-order valence-corrected chi connectivity index (χ0v) is 11.7. The standard InChI is InChI=1S/C13H10FNO3S2/c14-11-6-3-10(4-7-11)5-8-12(16)15-20(17,18)13-2-1-9-19-13/h1-9H,(H,15,16)/b8-5+. The first-order valence-corrected chi connectivity index (χ1v) is 7.87.